The lowest BCUT2D eigenvalue weighted by Crippen LogP contribution is -2.20. The lowest BCUT2D eigenvalue weighted by Gasteiger charge is -2.17. The third-order valence-electron chi connectivity index (χ3n) is 1.44. The van der Waals surface area contributed by atoms with E-state index in [9.17, 15) is 0 Å². The molecule has 0 bridgehead atoms. The smallest absolute Gasteiger partial charge is 0.155 e. The van der Waals surface area contributed by atoms with Crippen LogP contribution in [0.1, 0.15) is 27.2 Å². The van der Waals surface area contributed by atoms with Gasteiger partial charge in [-0.05, 0) is 20.3 Å². The second kappa shape index (κ2) is 6.58. The van der Waals surface area contributed by atoms with Gasteiger partial charge in [-0.3, -0.25) is 0 Å². The van der Waals surface area contributed by atoms with Crippen LogP contribution in [0.3, 0.4) is 0 Å². The fraction of sp³-hybridized carbons (Fsp3) is 1.00. The number of hydrogen-bond donors (Lipinski definition) is 1. The van der Waals surface area contributed by atoms with Crippen molar-refractivity contribution in [2.24, 2.45) is 0 Å². The average Bonchev–Trinajstić information content (AvgIpc) is 2.00. The van der Waals surface area contributed by atoms with Crippen LogP contribution in [0.5, 0.6) is 0 Å². The van der Waals surface area contributed by atoms with Gasteiger partial charge in [0.2, 0.25) is 0 Å². The fourth-order valence-electron chi connectivity index (χ4n) is 0.681. The molecule has 0 aromatic carbocycles. The zero-order chi connectivity index (χ0) is 8.69. The molecule has 0 aliphatic heterocycles. The molecular weight excluding hydrogens is 144 g/mol. The number of hydrogen-bond acceptors (Lipinski definition) is 3. The highest BCUT2D eigenvalue weighted by Crippen LogP contribution is 2.02. The first-order valence-electron chi connectivity index (χ1n) is 4.08. The number of aliphatic hydroxyl groups is 1. The van der Waals surface area contributed by atoms with E-state index in [0.717, 1.165) is 6.42 Å². The maximum absolute atomic E-state index is 8.43. The molecule has 0 amide bonds. The minimum atomic E-state index is -0.211. The van der Waals surface area contributed by atoms with Crippen molar-refractivity contribution < 1.29 is 14.6 Å². The SMILES string of the molecule is CCC(C)OC(C)OCCO. The Kier molecular flexibility index (Phi) is 6.51. The molecule has 0 spiro atoms. The van der Waals surface area contributed by atoms with Gasteiger partial charge in [0, 0.05) is 0 Å². The van der Waals surface area contributed by atoms with E-state index in [1.807, 2.05) is 13.8 Å². The number of rotatable bonds is 6. The van der Waals surface area contributed by atoms with Gasteiger partial charge < -0.3 is 14.6 Å². The summed E-state index contributed by atoms with van der Waals surface area (Å²) < 4.78 is 10.5. The van der Waals surface area contributed by atoms with Crippen molar-refractivity contribution in [1.29, 1.82) is 0 Å². The van der Waals surface area contributed by atoms with Crippen LogP contribution in [0.4, 0.5) is 0 Å². The van der Waals surface area contributed by atoms with E-state index in [1.54, 1.807) is 0 Å². The third kappa shape index (κ3) is 6.28. The lowest BCUT2D eigenvalue weighted by atomic mass is 10.3. The van der Waals surface area contributed by atoms with Crippen LogP contribution < -0.4 is 0 Å². The fourth-order valence-corrected chi connectivity index (χ4v) is 0.681. The van der Waals surface area contributed by atoms with Gasteiger partial charge >= 0.3 is 0 Å². The highest BCUT2D eigenvalue weighted by molar-refractivity contribution is 4.45. The normalized spacial score (nSPS) is 16.4. The minimum absolute atomic E-state index is 0.0498. The molecule has 2 unspecified atom stereocenters. The van der Waals surface area contributed by atoms with E-state index in [-0.39, 0.29) is 19.0 Å². The largest absolute Gasteiger partial charge is 0.394 e. The zero-order valence-electron chi connectivity index (χ0n) is 7.54. The van der Waals surface area contributed by atoms with Crippen molar-refractivity contribution in [2.45, 2.75) is 39.6 Å². The van der Waals surface area contributed by atoms with Gasteiger partial charge in [-0.1, -0.05) is 6.92 Å². The molecule has 0 aliphatic rings. The Balaban J connectivity index is 3.27. The standard InChI is InChI=1S/C8H18O3/c1-4-7(2)11-8(3)10-6-5-9/h7-9H,4-6H2,1-3H3. The minimum Gasteiger partial charge on any atom is -0.394 e. The maximum Gasteiger partial charge on any atom is 0.155 e. The summed E-state index contributed by atoms with van der Waals surface area (Å²) >= 11 is 0. The van der Waals surface area contributed by atoms with Gasteiger partial charge in [-0.2, -0.15) is 0 Å². The van der Waals surface area contributed by atoms with E-state index in [2.05, 4.69) is 6.92 Å². The van der Waals surface area contributed by atoms with Gasteiger partial charge in [-0.15, -0.1) is 0 Å². The van der Waals surface area contributed by atoms with Crippen LogP contribution in [0, 0.1) is 0 Å². The summed E-state index contributed by atoms with van der Waals surface area (Å²) in [5.41, 5.74) is 0. The molecule has 2 atom stereocenters. The molecule has 3 heteroatoms. The van der Waals surface area contributed by atoms with Crippen molar-refractivity contribution in [3.8, 4) is 0 Å². The zero-order valence-corrected chi connectivity index (χ0v) is 7.54. The molecule has 0 fully saturated rings. The quantitative estimate of drug-likeness (QED) is 0.595. The summed E-state index contributed by atoms with van der Waals surface area (Å²) in [6, 6.07) is 0. The first kappa shape index (κ1) is 10.9. The van der Waals surface area contributed by atoms with Crippen molar-refractivity contribution in [2.75, 3.05) is 13.2 Å². The lowest BCUT2D eigenvalue weighted by molar-refractivity contribution is -0.160. The van der Waals surface area contributed by atoms with Crippen LogP contribution in [0.2, 0.25) is 0 Å². The molecule has 0 aromatic rings. The number of ether oxygens (including phenoxy) is 2. The van der Waals surface area contributed by atoms with Gasteiger partial charge in [0.05, 0.1) is 19.3 Å². The summed E-state index contributed by atoms with van der Waals surface area (Å²) in [7, 11) is 0. The van der Waals surface area contributed by atoms with Crippen LogP contribution in [0.25, 0.3) is 0 Å². The first-order chi connectivity index (χ1) is 5.20. The van der Waals surface area contributed by atoms with Gasteiger partial charge in [0.25, 0.3) is 0 Å². The monoisotopic (exact) mass is 162 g/mol. The molecule has 0 saturated carbocycles. The van der Waals surface area contributed by atoms with Gasteiger partial charge in [0.15, 0.2) is 6.29 Å². The van der Waals surface area contributed by atoms with Gasteiger partial charge in [0.1, 0.15) is 0 Å². The van der Waals surface area contributed by atoms with E-state index in [1.165, 1.54) is 0 Å². The summed E-state index contributed by atoms with van der Waals surface area (Å²) in [5, 5.41) is 8.43. The van der Waals surface area contributed by atoms with E-state index < -0.39 is 0 Å². The van der Waals surface area contributed by atoms with E-state index in [0.29, 0.717) is 6.61 Å². The van der Waals surface area contributed by atoms with Crippen molar-refractivity contribution in [3.63, 3.8) is 0 Å². The maximum atomic E-state index is 8.43. The molecule has 11 heavy (non-hydrogen) atoms. The third-order valence-corrected chi connectivity index (χ3v) is 1.44. The predicted molar refractivity (Wildman–Crippen MR) is 43.3 cm³/mol. The molecule has 0 aliphatic carbocycles. The number of aliphatic hydroxyl groups excluding tert-OH is 1. The Morgan fingerprint density at radius 1 is 1.36 bits per heavy atom. The van der Waals surface area contributed by atoms with Crippen LogP contribution in [0.15, 0.2) is 0 Å². The van der Waals surface area contributed by atoms with Crippen LogP contribution in [-0.2, 0) is 9.47 Å². The summed E-state index contributed by atoms with van der Waals surface area (Å²) in [5.74, 6) is 0. The van der Waals surface area contributed by atoms with Gasteiger partial charge in [-0.25, -0.2) is 0 Å². The van der Waals surface area contributed by atoms with Crippen molar-refractivity contribution >= 4 is 0 Å². The van der Waals surface area contributed by atoms with E-state index in [4.69, 9.17) is 14.6 Å². The Labute approximate surface area is 68.3 Å². The summed E-state index contributed by atoms with van der Waals surface area (Å²) in [6.07, 6.45) is 0.994. The molecule has 0 saturated heterocycles. The van der Waals surface area contributed by atoms with Crippen molar-refractivity contribution in [3.05, 3.63) is 0 Å². The summed E-state index contributed by atoms with van der Waals surface area (Å²) in [6.45, 7) is 6.29. The van der Waals surface area contributed by atoms with Crippen LogP contribution >= 0.6 is 0 Å². The molecule has 3 nitrogen and oxygen atoms in total. The Hall–Kier alpha value is -0.120. The van der Waals surface area contributed by atoms with Crippen LogP contribution in [-0.4, -0.2) is 30.7 Å². The first-order valence-corrected chi connectivity index (χ1v) is 4.08. The molecule has 1 N–H and O–H groups in total. The molecule has 68 valence electrons. The Bertz CT molecular complexity index is 85.4. The average molecular weight is 162 g/mol. The second-order valence-electron chi connectivity index (χ2n) is 2.52. The topological polar surface area (TPSA) is 38.7 Å². The highest BCUT2D eigenvalue weighted by Gasteiger charge is 2.05. The molecular formula is C8H18O3. The Morgan fingerprint density at radius 2 is 2.00 bits per heavy atom. The molecule has 0 heterocycles. The molecule has 0 rings (SSSR count). The highest BCUT2D eigenvalue weighted by atomic mass is 16.7. The Morgan fingerprint density at radius 3 is 2.45 bits per heavy atom. The predicted octanol–water partition coefficient (Wildman–Crippen LogP) is 1.16. The molecule has 0 radical (unpaired) electrons. The van der Waals surface area contributed by atoms with Crippen molar-refractivity contribution in [1.82, 2.24) is 0 Å². The van der Waals surface area contributed by atoms with E-state index >= 15 is 0 Å². The second-order valence-corrected chi connectivity index (χ2v) is 2.52. The molecule has 0 aromatic heterocycles. The summed E-state index contributed by atoms with van der Waals surface area (Å²) in [4.78, 5) is 0.